The number of hydrogen-bond acceptors (Lipinski definition) is 4. The molecule has 1 heterocycles. The Morgan fingerprint density at radius 1 is 1.00 bits per heavy atom. The molecule has 3 rings (SSSR count). The summed E-state index contributed by atoms with van der Waals surface area (Å²) >= 11 is 0. The van der Waals surface area contributed by atoms with Crippen LogP contribution in [0.25, 0.3) is 0 Å². The third-order valence-corrected chi connectivity index (χ3v) is 4.13. The maximum Gasteiger partial charge on any atom is 0.573 e. The quantitative estimate of drug-likeness (QED) is 0.589. The highest BCUT2D eigenvalue weighted by Gasteiger charge is 2.31. The van der Waals surface area contributed by atoms with E-state index in [0.29, 0.717) is 11.4 Å². The van der Waals surface area contributed by atoms with E-state index >= 15 is 0 Å². The van der Waals surface area contributed by atoms with E-state index in [-0.39, 0.29) is 17.7 Å². The lowest BCUT2D eigenvalue weighted by atomic mass is 10.0. The second-order valence-corrected chi connectivity index (χ2v) is 6.31. The summed E-state index contributed by atoms with van der Waals surface area (Å²) in [6.45, 7) is 1.69. The van der Waals surface area contributed by atoms with Crippen molar-refractivity contribution < 1.29 is 27.1 Å². The van der Waals surface area contributed by atoms with Crippen molar-refractivity contribution in [2.45, 2.75) is 25.4 Å². The van der Waals surface area contributed by atoms with Gasteiger partial charge in [0.15, 0.2) is 0 Å². The lowest BCUT2D eigenvalue weighted by molar-refractivity contribution is -0.274. The molecule has 0 aliphatic rings. The predicted octanol–water partition coefficient (Wildman–Crippen LogP) is 4.88. The third kappa shape index (κ3) is 5.86. The molecule has 1 aromatic heterocycles. The van der Waals surface area contributed by atoms with Gasteiger partial charge in [0.2, 0.25) is 5.91 Å². The molecule has 29 heavy (non-hydrogen) atoms. The molecule has 0 fully saturated rings. The SMILES string of the molecule is C[C@@H](N[C@H](c1ccccc1)c1ccco1)C(=O)Nc1ccc(OC(F)(F)F)cc1. The van der Waals surface area contributed by atoms with Gasteiger partial charge in [0.1, 0.15) is 11.5 Å². The molecule has 0 saturated heterocycles. The number of benzene rings is 2. The van der Waals surface area contributed by atoms with Crippen molar-refractivity contribution in [3.63, 3.8) is 0 Å². The molecule has 1 amide bonds. The lowest BCUT2D eigenvalue weighted by Gasteiger charge is -2.22. The Hall–Kier alpha value is -3.26. The first kappa shape index (κ1) is 20.5. The molecule has 0 aliphatic carbocycles. The molecule has 2 atom stereocenters. The van der Waals surface area contributed by atoms with Crippen LogP contribution in [0.5, 0.6) is 5.75 Å². The van der Waals surface area contributed by atoms with Crippen LogP contribution in [-0.4, -0.2) is 18.3 Å². The summed E-state index contributed by atoms with van der Waals surface area (Å²) in [5.41, 5.74) is 1.28. The van der Waals surface area contributed by atoms with Crippen molar-refractivity contribution in [2.75, 3.05) is 5.32 Å². The van der Waals surface area contributed by atoms with Gasteiger partial charge in [-0.05, 0) is 48.9 Å². The molecule has 8 heteroatoms. The molecule has 0 aliphatic heterocycles. The van der Waals surface area contributed by atoms with Gasteiger partial charge in [-0.15, -0.1) is 13.2 Å². The van der Waals surface area contributed by atoms with Crippen molar-refractivity contribution in [2.24, 2.45) is 0 Å². The maximum atomic E-state index is 12.5. The molecule has 0 saturated carbocycles. The zero-order valence-corrected chi connectivity index (χ0v) is 15.4. The molecule has 5 nitrogen and oxygen atoms in total. The van der Waals surface area contributed by atoms with E-state index in [4.69, 9.17) is 4.42 Å². The van der Waals surface area contributed by atoms with Crippen LogP contribution in [0.3, 0.4) is 0 Å². The van der Waals surface area contributed by atoms with Crippen molar-refractivity contribution >= 4 is 11.6 Å². The van der Waals surface area contributed by atoms with Gasteiger partial charge in [-0.25, -0.2) is 0 Å². The highest BCUT2D eigenvalue weighted by Crippen LogP contribution is 2.25. The third-order valence-electron chi connectivity index (χ3n) is 4.13. The number of hydrogen-bond donors (Lipinski definition) is 2. The van der Waals surface area contributed by atoms with E-state index in [1.54, 1.807) is 19.3 Å². The van der Waals surface area contributed by atoms with E-state index in [1.165, 1.54) is 12.1 Å². The summed E-state index contributed by atoms with van der Waals surface area (Å²) in [6, 6.07) is 17.1. The monoisotopic (exact) mass is 404 g/mol. The van der Waals surface area contributed by atoms with Crippen LogP contribution >= 0.6 is 0 Å². The van der Waals surface area contributed by atoms with Crippen LogP contribution in [0.2, 0.25) is 0 Å². The Bertz CT molecular complexity index is 911. The molecule has 152 valence electrons. The van der Waals surface area contributed by atoms with Crippen LogP contribution in [0, 0.1) is 0 Å². The first-order valence-electron chi connectivity index (χ1n) is 8.83. The highest BCUT2D eigenvalue weighted by molar-refractivity contribution is 5.94. The molecule has 3 aromatic rings. The number of halogens is 3. The smallest absolute Gasteiger partial charge is 0.467 e. The van der Waals surface area contributed by atoms with Gasteiger partial charge in [-0.1, -0.05) is 30.3 Å². The Morgan fingerprint density at radius 3 is 2.28 bits per heavy atom. The van der Waals surface area contributed by atoms with Crippen LogP contribution in [0.15, 0.2) is 77.4 Å². The van der Waals surface area contributed by atoms with Gasteiger partial charge in [-0.2, -0.15) is 0 Å². The topological polar surface area (TPSA) is 63.5 Å². The number of carbonyl (C=O) groups excluding carboxylic acids is 1. The molecule has 0 unspecified atom stereocenters. The number of furan rings is 1. The number of alkyl halides is 3. The van der Waals surface area contributed by atoms with E-state index in [2.05, 4.69) is 15.4 Å². The fourth-order valence-corrected chi connectivity index (χ4v) is 2.76. The highest BCUT2D eigenvalue weighted by atomic mass is 19.4. The average Bonchev–Trinajstić information content (AvgIpc) is 3.21. The van der Waals surface area contributed by atoms with Gasteiger partial charge in [0, 0.05) is 5.69 Å². The van der Waals surface area contributed by atoms with Gasteiger partial charge in [-0.3, -0.25) is 10.1 Å². The first-order valence-corrected chi connectivity index (χ1v) is 8.83. The standard InChI is InChI=1S/C21H19F3N2O3/c1-14(20(27)26-16-9-11-17(12-10-16)29-21(22,23)24)25-19(18-8-5-13-28-18)15-6-3-2-4-7-15/h2-14,19,25H,1H3,(H,26,27)/t14-,19-/m1/s1. The fraction of sp³-hybridized carbons (Fsp3) is 0.190. The molecule has 0 bridgehead atoms. The summed E-state index contributed by atoms with van der Waals surface area (Å²) in [5, 5.41) is 5.88. The summed E-state index contributed by atoms with van der Waals surface area (Å²) < 4.78 is 46.0. The molecule has 0 radical (unpaired) electrons. The average molecular weight is 404 g/mol. The summed E-state index contributed by atoms with van der Waals surface area (Å²) in [5.74, 6) is -0.0462. The Labute approximate surface area is 165 Å². The molecular weight excluding hydrogens is 385 g/mol. The van der Waals surface area contributed by atoms with E-state index in [1.807, 2.05) is 36.4 Å². The number of carbonyl (C=O) groups is 1. The first-order chi connectivity index (χ1) is 13.8. The second kappa shape index (κ2) is 8.83. The number of rotatable bonds is 7. The normalized spacial score (nSPS) is 13.5. The second-order valence-electron chi connectivity index (χ2n) is 6.31. The predicted molar refractivity (Wildman–Crippen MR) is 101 cm³/mol. The zero-order valence-electron chi connectivity index (χ0n) is 15.4. The summed E-state index contributed by atoms with van der Waals surface area (Å²) in [6.07, 6.45) is -3.20. The van der Waals surface area contributed by atoms with Crippen molar-refractivity contribution in [3.8, 4) is 5.75 Å². The van der Waals surface area contributed by atoms with E-state index in [0.717, 1.165) is 17.7 Å². The fourth-order valence-electron chi connectivity index (χ4n) is 2.76. The van der Waals surface area contributed by atoms with E-state index in [9.17, 15) is 18.0 Å². The molecule has 2 N–H and O–H groups in total. The molecule has 0 spiro atoms. The van der Waals surface area contributed by atoms with Gasteiger partial charge in [0.05, 0.1) is 18.3 Å². The van der Waals surface area contributed by atoms with Crippen molar-refractivity contribution in [3.05, 3.63) is 84.3 Å². The minimum Gasteiger partial charge on any atom is -0.467 e. The minimum absolute atomic E-state index is 0.338. The zero-order chi connectivity index (χ0) is 20.9. The minimum atomic E-state index is -4.76. The number of anilines is 1. The summed E-state index contributed by atoms with van der Waals surface area (Å²) in [4.78, 5) is 12.5. The number of ether oxygens (including phenoxy) is 1. The van der Waals surface area contributed by atoms with Gasteiger partial charge >= 0.3 is 6.36 Å². The van der Waals surface area contributed by atoms with Crippen LogP contribution < -0.4 is 15.4 Å². The largest absolute Gasteiger partial charge is 0.573 e. The van der Waals surface area contributed by atoms with Gasteiger partial charge < -0.3 is 14.5 Å². The maximum absolute atomic E-state index is 12.5. The Morgan fingerprint density at radius 2 is 1.69 bits per heavy atom. The van der Waals surface area contributed by atoms with Crippen molar-refractivity contribution in [1.29, 1.82) is 0 Å². The Balaban J connectivity index is 1.66. The van der Waals surface area contributed by atoms with E-state index < -0.39 is 12.4 Å². The van der Waals surface area contributed by atoms with Crippen LogP contribution in [0.1, 0.15) is 24.3 Å². The lowest BCUT2D eigenvalue weighted by Crippen LogP contribution is -2.40. The van der Waals surface area contributed by atoms with Gasteiger partial charge in [0.25, 0.3) is 0 Å². The Kier molecular flexibility index (Phi) is 6.23. The number of nitrogens with one attached hydrogen (secondary N) is 2. The van der Waals surface area contributed by atoms with Crippen molar-refractivity contribution in [1.82, 2.24) is 5.32 Å². The van der Waals surface area contributed by atoms with Crippen LogP contribution in [0.4, 0.5) is 18.9 Å². The molecule has 2 aromatic carbocycles. The molecular formula is C21H19F3N2O3. The van der Waals surface area contributed by atoms with Crippen LogP contribution in [-0.2, 0) is 4.79 Å². The summed E-state index contributed by atoms with van der Waals surface area (Å²) in [7, 11) is 0. The number of amides is 1.